The summed E-state index contributed by atoms with van der Waals surface area (Å²) in [4.78, 5) is 16.7. The fraction of sp³-hybridized carbons (Fsp3) is 0.263. The molecule has 1 saturated carbocycles. The first kappa shape index (κ1) is 18.1. The molecule has 1 fully saturated rings. The Bertz CT molecular complexity index is 1050. The summed E-state index contributed by atoms with van der Waals surface area (Å²) >= 11 is -0.391. The van der Waals surface area contributed by atoms with Crippen LogP contribution in [0.5, 0.6) is 5.75 Å². The summed E-state index contributed by atoms with van der Waals surface area (Å²) in [6.45, 7) is 2.14. The Morgan fingerprint density at radius 1 is 1.30 bits per heavy atom. The van der Waals surface area contributed by atoms with Crippen molar-refractivity contribution in [1.82, 2.24) is 4.98 Å². The van der Waals surface area contributed by atoms with E-state index in [1.165, 1.54) is 12.1 Å². The zero-order valence-electron chi connectivity index (χ0n) is 14.2. The molecule has 0 bridgehead atoms. The molecule has 2 aromatic heterocycles. The van der Waals surface area contributed by atoms with Crippen molar-refractivity contribution in [3.63, 3.8) is 0 Å². The molecule has 140 valence electrons. The molecular formula is C19H15F3N2O2Se. The van der Waals surface area contributed by atoms with Crippen LogP contribution in [0.25, 0.3) is 20.9 Å². The average molecular weight is 439 g/mol. The average Bonchev–Trinajstić information content (AvgIpc) is 3.19. The minimum absolute atomic E-state index is 0.327. The molecule has 1 aromatic carbocycles. The van der Waals surface area contributed by atoms with Crippen molar-refractivity contribution in [3.8, 4) is 17.0 Å². The molecule has 3 aromatic rings. The van der Waals surface area contributed by atoms with Crippen molar-refractivity contribution >= 4 is 30.1 Å². The quantitative estimate of drug-likeness (QED) is 0.624. The Hall–Kier alpha value is -2.31. The van der Waals surface area contributed by atoms with Gasteiger partial charge < -0.3 is 0 Å². The van der Waals surface area contributed by atoms with E-state index < -0.39 is 26.8 Å². The van der Waals surface area contributed by atoms with E-state index in [4.69, 9.17) is 5.73 Å². The van der Waals surface area contributed by atoms with Gasteiger partial charge >= 0.3 is 159 Å². The van der Waals surface area contributed by atoms with Gasteiger partial charge in [-0.15, -0.1) is 0 Å². The third-order valence-electron chi connectivity index (χ3n) is 4.63. The van der Waals surface area contributed by atoms with E-state index in [0.29, 0.717) is 32.9 Å². The van der Waals surface area contributed by atoms with E-state index in [-0.39, 0.29) is 5.75 Å². The van der Waals surface area contributed by atoms with E-state index in [1.807, 2.05) is 12.1 Å². The number of aromatic nitrogens is 1. The molecule has 0 saturated heterocycles. The molecule has 2 unspecified atom stereocenters. The van der Waals surface area contributed by atoms with Crippen LogP contribution in [0, 0.1) is 5.92 Å². The number of nitrogens with two attached hydrogens (primary N) is 1. The fourth-order valence-electron chi connectivity index (χ4n) is 3.23. The maximum absolute atomic E-state index is 12.6. The normalized spacial score (nSPS) is 19.3. The molecule has 2 heterocycles. The number of alkyl halides is 3. The summed E-state index contributed by atoms with van der Waals surface area (Å²) in [6, 6.07) is 9.67. The van der Waals surface area contributed by atoms with E-state index in [9.17, 15) is 18.0 Å². The summed E-state index contributed by atoms with van der Waals surface area (Å²) in [5.74, 6) is 0.0387. The molecule has 0 radical (unpaired) electrons. The van der Waals surface area contributed by atoms with Gasteiger partial charge in [0.05, 0.1) is 0 Å². The zero-order chi connectivity index (χ0) is 19.3. The number of primary amides is 1. The van der Waals surface area contributed by atoms with Gasteiger partial charge in [0.15, 0.2) is 0 Å². The van der Waals surface area contributed by atoms with Gasteiger partial charge in [-0.05, 0) is 0 Å². The summed E-state index contributed by atoms with van der Waals surface area (Å²) in [5.41, 5.74) is 7.56. The summed E-state index contributed by atoms with van der Waals surface area (Å²) in [5, 5.41) is 0.527. The van der Waals surface area contributed by atoms with E-state index in [2.05, 4.69) is 16.6 Å². The van der Waals surface area contributed by atoms with Gasteiger partial charge in [0.25, 0.3) is 0 Å². The molecule has 0 aliphatic heterocycles. The number of ether oxygens (including phenoxy) is 1. The Morgan fingerprint density at radius 2 is 2.04 bits per heavy atom. The number of rotatable bonds is 4. The van der Waals surface area contributed by atoms with Gasteiger partial charge in [0.1, 0.15) is 0 Å². The molecule has 4 nitrogen and oxygen atoms in total. The second-order valence-electron chi connectivity index (χ2n) is 6.64. The number of carbonyl (C=O) groups excluding carboxylic acids is 1. The van der Waals surface area contributed by atoms with Crippen LogP contribution < -0.4 is 10.5 Å². The zero-order valence-corrected chi connectivity index (χ0v) is 15.9. The Kier molecular flexibility index (Phi) is 4.28. The van der Waals surface area contributed by atoms with Crippen LogP contribution in [0.2, 0.25) is 0 Å². The molecule has 1 aliphatic rings. The van der Waals surface area contributed by atoms with Crippen LogP contribution in [-0.4, -0.2) is 31.8 Å². The molecule has 8 heteroatoms. The van der Waals surface area contributed by atoms with Crippen LogP contribution in [0.15, 0.2) is 36.4 Å². The number of hydrogen-bond acceptors (Lipinski definition) is 3. The second-order valence-corrected chi connectivity index (χ2v) is 8.85. The third kappa shape index (κ3) is 3.59. The van der Waals surface area contributed by atoms with Crippen molar-refractivity contribution in [2.24, 2.45) is 11.7 Å². The fourth-order valence-corrected chi connectivity index (χ4v) is 5.42. The summed E-state index contributed by atoms with van der Waals surface area (Å²) in [6.07, 6.45) is -3.73. The van der Waals surface area contributed by atoms with Gasteiger partial charge in [0, 0.05) is 0 Å². The van der Waals surface area contributed by atoms with Crippen molar-refractivity contribution in [2.75, 3.05) is 0 Å². The molecule has 1 amide bonds. The first-order valence-corrected chi connectivity index (χ1v) is 10.0. The molecule has 2 N–H and O–H groups in total. The first-order chi connectivity index (χ1) is 12.7. The van der Waals surface area contributed by atoms with Gasteiger partial charge in [-0.2, -0.15) is 0 Å². The van der Waals surface area contributed by atoms with Crippen molar-refractivity contribution in [2.45, 2.75) is 25.6 Å². The maximum atomic E-state index is 12.6. The molecular weight excluding hydrogens is 424 g/mol. The van der Waals surface area contributed by atoms with Gasteiger partial charge in [-0.1, -0.05) is 0 Å². The van der Waals surface area contributed by atoms with Crippen LogP contribution >= 0.6 is 0 Å². The van der Waals surface area contributed by atoms with Gasteiger partial charge in [0.2, 0.25) is 0 Å². The first-order valence-electron chi connectivity index (χ1n) is 8.32. The Morgan fingerprint density at radius 3 is 2.67 bits per heavy atom. The predicted molar refractivity (Wildman–Crippen MR) is 95.8 cm³/mol. The summed E-state index contributed by atoms with van der Waals surface area (Å²) < 4.78 is 43.0. The molecule has 0 spiro atoms. The second kappa shape index (κ2) is 6.39. The van der Waals surface area contributed by atoms with Crippen molar-refractivity contribution in [1.29, 1.82) is 0 Å². The van der Waals surface area contributed by atoms with E-state index in [0.717, 1.165) is 16.4 Å². The number of carbonyl (C=O) groups is 1. The van der Waals surface area contributed by atoms with Crippen LogP contribution in [0.4, 0.5) is 13.2 Å². The minimum atomic E-state index is -4.78. The monoisotopic (exact) mass is 440 g/mol. The number of benzene rings is 1. The molecule has 4 rings (SSSR count). The Balaban J connectivity index is 1.88. The number of nitrogens with zero attached hydrogens (tertiary/aromatic N) is 1. The number of halogens is 3. The van der Waals surface area contributed by atoms with Gasteiger partial charge in [-0.3, -0.25) is 0 Å². The van der Waals surface area contributed by atoms with Crippen LogP contribution in [-0.2, 0) is 0 Å². The van der Waals surface area contributed by atoms with Crippen molar-refractivity contribution < 1.29 is 22.7 Å². The van der Waals surface area contributed by atoms with Crippen LogP contribution in [0.1, 0.15) is 34.2 Å². The number of pyridine rings is 1. The SMILES string of the molecule is CC1CC1c1cccc(-c2c(C(N)=O)[se]c3ccc(OC(F)(F)F)cc23)n1. The van der Waals surface area contributed by atoms with Crippen molar-refractivity contribution in [3.05, 3.63) is 46.5 Å². The van der Waals surface area contributed by atoms with E-state index >= 15 is 0 Å². The molecule has 1 aliphatic carbocycles. The van der Waals surface area contributed by atoms with Gasteiger partial charge in [-0.25, -0.2) is 0 Å². The predicted octanol–water partition coefficient (Wildman–Crippen LogP) is 4.08. The number of hydrogen-bond donors (Lipinski definition) is 1. The molecule has 2 atom stereocenters. The standard InChI is InChI=1S/C19H15F3N2O2Se/c1-9-7-11(9)13-3-2-4-14(24-13)16-12-8-10(26-19(20,21)22)5-6-15(12)27-17(16)18(23)25/h2-6,8-9,11H,7H2,1H3,(H2,23,25). The number of fused-ring (bicyclic) bond motifs is 1. The molecule has 27 heavy (non-hydrogen) atoms. The van der Waals surface area contributed by atoms with E-state index in [1.54, 1.807) is 12.1 Å². The van der Waals surface area contributed by atoms with Crippen LogP contribution in [0.3, 0.4) is 0 Å². The summed E-state index contributed by atoms with van der Waals surface area (Å²) in [7, 11) is 0. The number of amides is 1. The topological polar surface area (TPSA) is 65.2 Å². The third-order valence-corrected chi connectivity index (χ3v) is 7.12. The Labute approximate surface area is 158 Å².